The summed E-state index contributed by atoms with van der Waals surface area (Å²) in [7, 11) is 0. The molecule has 160 valence electrons. The molecule has 0 atom stereocenters. The second kappa shape index (κ2) is 10.0. The monoisotopic (exact) mass is 442 g/mol. The number of benzene rings is 2. The van der Waals surface area contributed by atoms with Crippen molar-refractivity contribution in [2.75, 3.05) is 6.61 Å². The Kier molecular flexibility index (Phi) is 7.20. The molecule has 0 aliphatic rings. The lowest BCUT2D eigenvalue weighted by Gasteiger charge is -2.13. The highest BCUT2D eigenvalue weighted by atomic mass is 35.5. The van der Waals surface area contributed by atoms with Crippen LogP contribution in [-0.2, 0) is 17.8 Å². The van der Waals surface area contributed by atoms with Crippen LogP contribution in [0.2, 0.25) is 5.02 Å². The van der Waals surface area contributed by atoms with Crippen LogP contribution in [0.15, 0.2) is 54.7 Å². The average molecular weight is 443 g/mol. The van der Waals surface area contributed by atoms with Crippen LogP contribution >= 0.6 is 11.6 Å². The number of hydrogen-bond acceptors (Lipinski definition) is 4. The van der Waals surface area contributed by atoms with Gasteiger partial charge in [0.1, 0.15) is 5.82 Å². The van der Waals surface area contributed by atoms with Gasteiger partial charge in [-0.1, -0.05) is 35.9 Å². The van der Waals surface area contributed by atoms with Gasteiger partial charge < -0.3 is 15.2 Å². The van der Waals surface area contributed by atoms with E-state index < -0.39 is 17.7 Å². The number of carbonyl (C=O) groups excluding carboxylic acids is 1. The number of nitrogens with one attached hydrogen (secondary N) is 1. The van der Waals surface area contributed by atoms with Crippen molar-refractivity contribution < 1.29 is 23.8 Å². The number of hydrogen-bond donors (Lipinski definition) is 2. The van der Waals surface area contributed by atoms with E-state index in [4.69, 9.17) is 21.4 Å². The number of aromatic nitrogens is 1. The highest BCUT2D eigenvalue weighted by Crippen LogP contribution is 2.26. The van der Waals surface area contributed by atoms with Gasteiger partial charge in [-0.05, 0) is 42.3 Å². The maximum absolute atomic E-state index is 14.0. The molecule has 1 heterocycles. The molecule has 8 heteroatoms. The number of carboxylic acids is 1. The average Bonchev–Trinajstić information content (AvgIpc) is 2.72. The van der Waals surface area contributed by atoms with Gasteiger partial charge in [-0.3, -0.25) is 9.59 Å². The molecule has 1 amide bonds. The fourth-order valence-corrected chi connectivity index (χ4v) is 3.19. The van der Waals surface area contributed by atoms with Crippen LogP contribution in [0.25, 0.3) is 11.1 Å². The summed E-state index contributed by atoms with van der Waals surface area (Å²) in [6, 6.07) is 12.8. The van der Waals surface area contributed by atoms with Crippen LogP contribution in [-0.4, -0.2) is 28.6 Å². The van der Waals surface area contributed by atoms with E-state index >= 15 is 0 Å². The molecule has 0 aliphatic heterocycles. The van der Waals surface area contributed by atoms with E-state index in [1.807, 2.05) is 13.0 Å². The normalized spacial score (nSPS) is 10.5. The molecule has 6 nitrogen and oxygen atoms in total. The van der Waals surface area contributed by atoms with Gasteiger partial charge in [-0.2, -0.15) is 0 Å². The molecule has 0 aliphatic carbocycles. The van der Waals surface area contributed by atoms with Gasteiger partial charge >= 0.3 is 5.97 Å². The number of carbonyl (C=O) groups is 2. The van der Waals surface area contributed by atoms with Crippen molar-refractivity contribution in [3.05, 3.63) is 82.3 Å². The Labute approximate surface area is 183 Å². The van der Waals surface area contributed by atoms with Gasteiger partial charge in [-0.15, -0.1) is 0 Å². The summed E-state index contributed by atoms with van der Waals surface area (Å²) in [6.07, 6.45) is 1.53. The van der Waals surface area contributed by atoms with E-state index in [-0.39, 0.29) is 23.6 Å². The molecular weight excluding hydrogens is 423 g/mol. The van der Waals surface area contributed by atoms with Gasteiger partial charge in [0.15, 0.2) is 0 Å². The number of aliphatic carboxylic acids is 1. The minimum Gasteiger partial charge on any atom is -0.481 e. The number of pyridine rings is 1. The van der Waals surface area contributed by atoms with Gasteiger partial charge in [0.05, 0.1) is 18.6 Å². The molecule has 3 aromatic rings. The van der Waals surface area contributed by atoms with Crippen LogP contribution in [0.3, 0.4) is 0 Å². The van der Waals surface area contributed by atoms with E-state index in [1.165, 1.54) is 12.1 Å². The van der Waals surface area contributed by atoms with Gasteiger partial charge in [-0.25, -0.2) is 9.37 Å². The first-order valence-corrected chi connectivity index (χ1v) is 9.91. The molecule has 0 spiro atoms. The zero-order valence-corrected chi connectivity index (χ0v) is 17.4. The third-order valence-corrected chi connectivity index (χ3v) is 4.67. The fraction of sp³-hybridized carbons (Fsp3) is 0.174. The molecule has 2 aromatic carbocycles. The summed E-state index contributed by atoms with van der Waals surface area (Å²) in [5.41, 5.74) is 2.66. The number of rotatable bonds is 8. The molecule has 0 fully saturated rings. The van der Waals surface area contributed by atoms with Gasteiger partial charge in [0.25, 0.3) is 5.91 Å². The number of carboxylic acid groups (broad SMARTS) is 1. The summed E-state index contributed by atoms with van der Waals surface area (Å²) in [5, 5.41) is 11.9. The van der Waals surface area contributed by atoms with Crippen LogP contribution < -0.4 is 10.1 Å². The van der Waals surface area contributed by atoms with Gasteiger partial charge in [0.2, 0.25) is 5.88 Å². The van der Waals surface area contributed by atoms with Crippen LogP contribution in [0, 0.1) is 5.82 Å². The summed E-state index contributed by atoms with van der Waals surface area (Å²) < 4.78 is 19.6. The minimum atomic E-state index is -0.917. The summed E-state index contributed by atoms with van der Waals surface area (Å²) >= 11 is 5.74. The van der Waals surface area contributed by atoms with E-state index in [0.717, 1.165) is 17.2 Å². The molecule has 0 saturated carbocycles. The zero-order chi connectivity index (χ0) is 22.4. The van der Waals surface area contributed by atoms with E-state index in [9.17, 15) is 14.0 Å². The Morgan fingerprint density at radius 3 is 2.68 bits per heavy atom. The Bertz CT molecular complexity index is 1120. The maximum Gasteiger partial charge on any atom is 0.307 e. The molecule has 0 radical (unpaired) electrons. The van der Waals surface area contributed by atoms with Crippen molar-refractivity contribution in [2.24, 2.45) is 0 Å². The largest absolute Gasteiger partial charge is 0.481 e. The van der Waals surface area contributed by atoms with Crippen molar-refractivity contribution in [2.45, 2.75) is 19.9 Å². The second-order valence-corrected chi connectivity index (χ2v) is 7.14. The number of amides is 1. The second-order valence-electron chi connectivity index (χ2n) is 6.70. The van der Waals surface area contributed by atoms with Crippen molar-refractivity contribution >= 4 is 23.5 Å². The van der Waals surface area contributed by atoms with E-state index in [0.29, 0.717) is 23.6 Å². The van der Waals surface area contributed by atoms with Crippen molar-refractivity contribution in [3.63, 3.8) is 0 Å². The minimum absolute atomic E-state index is 0.0614. The molecule has 3 rings (SSSR count). The lowest BCUT2D eigenvalue weighted by atomic mass is 10.0. The predicted octanol–water partition coefficient (Wildman–Crippen LogP) is 4.50. The molecular formula is C23H20ClFN2O4. The van der Waals surface area contributed by atoms with E-state index in [1.54, 1.807) is 30.5 Å². The van der Waals surface area contributed by atoms with E-state index in [2.05, 4.69) is 10.3 Å². The third-order valence-electron chi connectivity index (χ3n) is 4.44. The molecule has 1 aromatic heterocycles. The maximum atomic E-state index is 14.0. The Hall–Kier alpha value is -3.45. The van der Waals surface area contributed by atoms with Crippen LogP contribution in [0.1, 0.15) is 28.4 Å². The zero-order valence-electron chi connectivity index (χ0n) is 16.7. The highest BCUT2D eigenvalue weighted by Gasteiger charge is 2.14. The fourth-order valence-electron chi connectivity index (χ4n) is 3.03. The van der Waals surface area contributed by atoms with Crippen LogP contribution in [0.5, 0.6) is 5.88 Å². The standard InChI is InChI=1S/C23H20ClFN2O4/c1-2-31-23-17(13-26-22(30)19-7-6-18(24)11-20(19)25)10-16(12-27-23)15-5-3-4-14(8-15)9-21(28)29/h3-8,10-12H,2,9,13H2,1H3,(H,26,30)(H,28,29). The van der Waals surface area contributed by atoms with Crippen molar-refractivity contribution in [3.8, 4) is 17.0 Å². The Morgan fingerprint density at radius 1 is 1.16 bits per heavy atom. The Morgan fingerprint density at radius 2 is 1.97 bits per heavy atom. The highest BCUT2D eigenvalue weighted by molar-refractivity contribution is 6.30. The molecule has 0 unspecified atom stereocenters. The lowest BCUT2D eigenvalue weighted by Crippen LogP contribution is -2.24. The number of halogens is 2. The smallest absolute Gasteiger partial charge is 0.307 e. The van der Waals surface area contributed by atoms with Gasteiger partial charge in [0, 0.05) is 28.9 Å². The summed E-state index contributed by atoms with van der Waals surface area (Å²) in [6.45, 7) is 2.26. The molecule has 0 saturated heterocycles. The van der Waals surface area contributed by atoms with Crippen LogP contribution in [0.4, 0.5) is 4.39 Å². The quantitative estimate of drug-likeness (QED) is 0.536. The number of ether oxygens (including phenoxy) is 1. The lowest BCUT2D eigenvalue weighted by molar-refractivity contribution is -0.136. The molecule has 31 heavy (non-hydrogen) atoms. The first-order valence-electron chi connectivity index (χ1n) is 9.53. The Balaban J connectivity index is 1.85. The topological polar surface area (TPSA) is 88.5 Å². The van der Waals surface area contributed by atoms with Crippen molar-refractivity contribution in [1.82, 2.24) is 10.3 Å². The molecule has 2 N–H and O–H groups in total. The SMILES string of the molecule is CCOc1ncc(-c2cccc(CC(=O)O)c2)cc1CNC(=O)c1ccc(Cl)cc1F. The summed E-state index contributed by atoms with van der Waals surface area (Å²) in [4.78, 5) is 27.7. The molecule has 0 bridgehead atoms. The first kappa shape index (κ1) is 22.2. The third kappa shape index (κ3) is 5.79. The predicted molar refractivity (Wildman–Crippen MR) is 115 cm³/mol. The summed E-state index contributed by atoms with van der Waals surface area (Å²) in [5.74, 6) is -1.87. The first-order chi connectivity index (χ1) is 14.9. The van der Waals surface area contributed by atoms with Crippen molar-refractivity contribution in [1.29, 1.82) is 0 Å². The number of nitrogens with zero attached hydrogens (tertiary/aromatic N) is 1.